The van der Waals surface area contributed by atoms with Gasteiger partial charge in [-0.25, -0.2) is 0 Å². The zero-order valence-corrected chi connectivity index (χ0v) is 15.6. The minimum Gasteiger partial charge on any atom is -0.382 e. The molecule has 140 valence electrons. The number of carbonyl (C=O) groups is 2. The van der Waals surface area contributed by atoms with E-state index in [1.54, 1.807) is 7.11 Å². The van der Waals surface area contributed by atoms with Crippen LogP contribution in [-0.2, 0) is 14.3 Å². The zero-order valence-electron chi connectivity index (χ0n) is 14.0. The highest BCUT2D eigenvalue weighted by Gasteiger charge is 2.32. The van der Waals surface area contributed by atoms with E-state index in [2.05, 4.69) is 15.6 Å². The number of benzene rings is 1. The molecule has 1 aliphatic heterocycles. The number of thioether (sulfide) groups is 1. The van der Waals surface area contributed by atoms with Crippen LogP contribution in [0.4, 0.5) is 11.4 Å². The fourth-order valence-corrected chi connectivity index (χ4v) is 3.41. The van der Waals surface area contributed by atoms with E-state index in [1.165, 1.54) is 18.2 Å². The Kier molecular flexibility index (Phi) is 6.95. The number of amidine groups is 1. The van der Waals surface area contributed by atoms with Gasteiger partial charge in [0, 0.05) is 25.7 Å². The number of hydrogen-bond donors (Lipinski definition) is 2. The lowest BCUT2D eigenvalue weighted by Crippen LogP contribution is -2.28. The molecular weight excluding hydrogens is 384 g/mol. The molecule has 0 saturated carbocycles. The van der Waals surface area contributed by atoms with Gasteiger partial charge < -0.3 is 15.4 Å². The van der Waals surface area contributed by atoms with Crippen LogP contribution in [-0.4, -0.2) is 46.9 Å². The van der Waals surface area contributed by atoms with Gasteiger partial charge >= 0.3 is 0 Å². The summed E-state index contributed by atoms with van der Waals surface area (Å²) >= 11 is 7.10. The first-order valence-corrected chi connectivity index (χ1v) is 8.84. The molecule has 1 aromatic carbocycles. The van der Waals surface area contributed by atoms with Crippen LogP contribution in [0.3, 0.4) is 0 Å². The second-order valence-electron chi connectivity index (χ2n) is 5.51. The van der Waals surface area contributed by atoms with Crippen LogP contribution < -0.4 is 10.6 Å². The number of nitrogens with one attached hydrogen (secondary N) is 2. The lowest BCUT2D eigenvalue weighted by molar-refractivity contribution is -0.384. The Balaban J connectivity index is 1.99. The van der Waals surface area contributed by atoms with Crippen molar-refractivity contribution in [3.8, 4) is 0 Å². The van der Waals surface area contributed by atoms with Crippen molar-refractivity contribution in [2.45, 2.75) is 24.6 Å². The summed E-state index contributed by atoms with van der Waals surface area (Å²) in [4.78, 5) is 38.7. The molecule has 0 radical (unpaired) electrons. The number of hydrogen-bond acceptors (Lipinski definition) is 7. The summed E-state index contributed by atoms with van der Waals surface area (Å²) in [6.45, 7) is 2.25. The molecule has 0 unspecified atom stereocenters. The summed E-state index contributed by atoms with van der Waals surface area (Å²) < 4.78 is 4.98. The van der Waals surface area contributed by atoms with Gasteiger partial charge in [-0.2, -0.15) is 0 Å². The Bertz CT molecular complexity index is 758. The van der Waals surface area contributed by atoms with Crippen molar-refractivity contribution >= 4 is 51.7 Å². The van der Waals surface area contributed by atoms with Gasteiger partial charge in [-0.15, -0.1) is 0 Å². The van der Waals surface area contributed by atoms with Crippen molar-refractivity contribution < 1.29 is 19.2 Å². The molecule has 0 aliphatic carbocycles. The number of nitro groups is 1. The fourth-order valence-electron chi connectivity index (χ4n) is 2.17. The van der Waals surface area contributed by atoms with Gasteiger partial charge in [-0.1, -0.05) is 23.4 Å². The van der Waals surface area contributed by atoms with Gasteiger partial charge in [0.05, 0.1) is 28.3 Å². The van der Waals surface area contributed by atoms with E-state index >= 15 is 0 Å². The van der Waals surface area contributed by atoms with Crippen LogP contribution in [0.25, 0.3) is 0 Å². The molecule has 1 aliphatic rings. The average Bonchev–Trinajstić information content (AvgIpc) is 2.88. The molecule has 1 saturated heterocycles. The molecule has 26 heavy (non-hydrogen) atoms. The van der Waals surface area contributed by atoms with Crippen molar-refractivity contribution in [2.75, 3.05) is 19.0 Å². The number of nitro benzene ring substituents is 1. The van der Waals surface area contributed by atoms with Gasteiger partial charge in [-0.05, 0) is 13.0 Å². The number of rotatable bonds is 7. The first-order chi connectivity index (χ1) is 12.3. The summed E-state index contributed by atoms with van der Waals surface area (Å²) in [5.74, 6) is -0.801. The summed E-state index contributed by atoms with van der Waals surface area (Å²) in [5.41, 5.74) is -0.0730. The van der Waals surface area contributed by atoms with Gasteiger partial charge in [0.25, 0.3) is 5.69 Å². The molecule has 1 fully saturated rings. The van der Waals surface area contributed by atoms with Gasteiger partial charge in [0.2, 0.25) is 11.8 Å². The third-order valence-corrected chi connectivity index (χ3v) is 4.75. The second kappa shape index (κ2) is 8.97. The van der Waals surface area contributed by atoms with Crippen molar-refractivity contribution in [1.29, 1.82) is 0 Å². The monoisotopic (exact) mass is 400 g/mol. The average molecular weight is 401 g/mol. The van der Waals surface area contributed by atoms with Gasteiger partial charge in [-0.3, -0.25) is 24.7 Å². The molecule has 9 nitrogen and oxygen atoms in total. The predicted octanol–water partition coefficient (Wildman–Crippen LogP) is 2.20. The van der Waals surface area contributed by atoms with Crippen LogP contribution in [0, 0.1) is 10.1 Å². The minimum absolute atomic E-state index is 0.118. The quantitative estimate of drug-likeness (QED) is 0.534. The van der Waals surface area contributed by atoms with E-state index in [-0.39, 0.29) is 34.8 Å². The Labute approximate surface area is 158 Å². The molecule has 2 atom stereocenters. The molecule has 1 heterocycles. The van der Waals surface area contributed by atoms with Crippen LogP contribution >= 0.6 is 23.4 Å². The van der Waals surface area contributed by atoms with E-state index in [1.807, 2.05) is 6.92 Å². The number of halogens is 1. The number of amides is 2. The van der Waals surface area contributed by atoms with Gasteiger partial charge in [0.15, 0.2) is 5.17 Å². The minimum atomic E-state index is -0.638. The van der Waals surface area contributed by atoms with E-state index in [0.717, 1.165) is 11.8 Å². The van der Waals surface area contributed by atoms with E-state index in [4.69, 9.17) is 16.3 Å². The Morgan fingerprint density at radius 2 is 2.31 bits per heavy atom. The zero-order chi connectivity index (χ0) is 19.3. The van der Waals surface area contributed by atoms with Crippen molar-refractivity contribution in [2.24, 2.45) is 4.99 Å². The number of non-ortho nitro benzene ring substituents is 1. The first-order valence-electron chi connectivity index (χ1n) is 7.58. The molecule has 11 heteroatoms. The SMILES string of the molecule is COC[C@@H](C)N=C1NC(=O)[C@H](CC(=O)Nc2cc([N+](=O)[O-])ccc2Cl)S1. The number of methoxy groups -OCH3 is 1. The second-order valence-corrected chi connectivity index (χ2v) is 7.11. The maximum atomic E-state index is 12.2. The molecule has 0 bridgehead atoms. The van der Waals surface area contributed by atoms with Crippen LogP contribution in [0.2, 0.25) is 5.02 Å². The summed E-state index contributed by atoms with van der Waals surface area (Å²) in [7, 11) is 1.56. The van der Waals surface area contributed by atoms with Crippen molar-refractivity contribution in [3.63, 3.8) is 0 Å². The van der Waals surface area contributed by atoms with E-state index in [9.17, 15) is 19.7 Å². The normalized spacial score (nSPS) is 19.3. The number of anilines is 1. The summed E-state index contributed by atoms with van der Waals surface area (Å²) in [5, 5.41) is 15.9. The molecule has 0 aromatic heterocycles. The molecule has 2 N–H and O–H groups in total. The fraction of sp³-hybridized carbons (Fsp3) is 0.400. The van der Waals surface area contributed by atoms with Gasteiger partial charge in [0.1, 0.15) is 5.25 Å². The molecule has 0 spiro atoms. The number of nitrogens with zero attached hydrogens (tertiary/aromatic N) is 2. The lowest BCUT2D eigenvalue weighted by atomic mass is 10.2. The highest BCUT2D eigenvalue weighted by molar-refractivity contribution is 8.15. The van der Waals surface area contributed by atoms with Crippen LogP contribution in [0.5, 0.6) is 0 Å². The number of carbonyl (C=O) groups excluding carboxylic acids is 2. The largest absolute Gasteiger partial charge is 0.382 e. The van der Waals surface area contributed by atoms with Crippen molar-refractivity contribution in [3.05, 3.63) is 33.3 Å². The Morgan fingerprint density at radius 1 is 1.58 bits per heavy atom. The standard InChI is InChI=1S/C15H17ClN4O5S/c1-8(7-25-2)17-15-19-14(22)12(26-15)6-13(21)18-11-5-9(20(23)24)3-4-10(11)16/h3-5,8,12H,6-7H2,1-2H3,(H,18,21)(H,17,19,22)/t8-,12+/m1/s1. The molecule has 2 rings (SSSR count). The maximum absolute atomic E-state index is 12.2. The summed E-state index contributed by atoms with van der Waals surface area (Å²) in [6.07, 6.45) is -0.118. The number of aliphatic imine (C=N–C) groups is 1. The first kappa shape index (κ1) is 20.1. The smallest absolute Gasteiger partial charge is 0.271 e. The lowest BCUT2D eigenvalue weighted by Gasteiger charge is -2.09. The third-order valence-electron chi connectivity index (χ3n) is 3.33. The number of ether oxygens (including phenoxy) is 1. The predicted molar refractivity (Wildman–Crippen MR) is 99.6 cm³/mol. The van der Waals surface area contributed by atoms with Crippen molar-refractivity contribution in [1.82, 2.24) is 5.32 Å². The van der Waals surface area contributed by atoms with Crippen LogP contribution in [0.1, 0.15) is 13.3 Å². The Morgan fingerprint density at radius 3 is 2.96 bits per heavy atom. The third kappa shape index (κ3) is 5.41. The van der Waals surface area contributed by atoms with Crippen LogP contribution in [0.15, 0.2) is 23.2 Å². The van der Waals surface area contributed by atoms with E-state index in [0.29, 0.717) is 11.8 Å². The highest BCUT2D eigenvalue weighted by Crippen LogP contribution is 2.28. The molecule has 1 aromatic rings. The highest BCUT2D eigenvalue weighted by atomic mass is 35.5. The molecular formula is C15H17ClN4O5S. The van der Waals surface area contributed by atoms with E-state index < -0.39 is 16.1 Å². The maximum Gasteiger partial charge on any atom is 0.271 e. The topological polar surface area (TPSA) is 123 Å². The summed E-state index contributed by atoms with van der Waals surface area (Å²) in [6, 6.07) is 3.61. The molecule has 2 amide bonds. The Hall–Kier alpha value is -2.17.